The van der Waals surface area contributed by atoms with E-state index in [1.54, 1.807) is 18.2 Å². The van der Waals surface area contributed by atoms with E-state index in [2.05, 4.69) is 5.32 Å². The van der Waals surface area contributed by atoms with Crippen LogP contribution in [-0.2, 0) is 11.4 Å². The fraction of sp³-hybridized carbons (Fsp3) is 0.176. The van der Waals surface area contributed by atoms with Gasteiger partial charge >= 0.3 is 5.97 Å². The van der Waals surface area contributed by atoms with E-state index in [-0.39, 0.29) is 12.2 Å². The molecule has 0 spiro atoms. The molecule has 6 heteroatoms. The summed E-state index contributed by atoms with van der Waals surface area (Å²) in [5.41, 5.74) is 1.16. The molecule has 2 aromatic carbocycles. The second-order valence-corrected chi connectivity index (χ2v) is 4.82. The minimum atomic E-state index is -1.36. The van der Waals surface area contributed by atoms with Gasteiger partial charge in [0.1, 0.15) is 12.4 Å². The SMILES string of the molecule is O=C(N[C@@H](CO)C(=O)O)c1ccccc1OCc1ccccc1. The van der Waals surface area contributed by atoms with Crippen molar-refractivity contribution in [2.24, 2.45) is 0 Å². The number of carboxylic acids is 1. The lowest BCUT2D eigenvalue weighted by Gasteiger charge is -2.14. The van der Waals surface area contributed by atoms with Gasteiger partial charge in [0.05, 0.1) is 12.2 Å². The van der Waals surface area contributed by atoms with Gasteiger partial charge < -0.3 is 20.3 Å². The lowest BCUT2D eigenvalue weighted by atomic mass is 10.1. The summed E-state index contributed by atoms with van der Waals surface area (Å²) in [6, 6.07) is 14.6. The molecule has 0 aliphatic rings. The van der Waals surface area contributed by atoms with Crippen LogP contribution in [0.5, 0.6) is 5.75 Å². The Kier molecular flexibility index (Phi) is 5.71. The summed E-state index contributed by atoms with van der Waals surface area (Å²) >= 11 is 0. The normalized spacial score (nSPS) is 11.5. The van der Waals surface area contributed by atoms with E-state index in [0.717, 1.165) is 5.56 Å². The maximum absolute atomic E-state index is 12.2. The number of nitrogens with one attached hydrogen (secondary N) is 1. The smallest absolute Gasteiger partial charge is 0.328 e. The van der Waals surface area contributed by atoms with E-state index < -0.39 is 24.5 Å². The minimum absolute atomic E-state index is 0.211. The molecule has 0 aromatic heterocycles. The number of carbonyl (C=O) groups excluding carboxylic acids is 1. The van der Waals surface area contributed by atoms with Crippen LogP contribution in [0.2, 0.25) is 0 Å². The number of carboxylic acid groups (broad SMARTS) is 1. The van der Waals surface area contributed by atoms with E-state index in [4.69, 9.17) is 14.9 Å². The molecular weight excluding hydrogens is 298 g/mol. The zero-order valence-corrected chi connectivity index (χ0v) is 12.3. The quantitative estimate of drug-likeness (QED) is 0.718. The number of aliphatic hydroxyl groups is 1. The first-order chi connectivity index (χ1) is 11.1. The summed E-state index contributed by atoms with van der Waals surface area (Å²) in [4.78, 5) is 23.1. The molecule has 1 amide bonds. The Balaban J connectivity index is 2.10. The van der Waals surface area contributed by atoms with Crippen molar-refractivity contribution in [1.82, 2.24) is 5.32 Å². The molecule has 0 unspecified atom stereocenters. The molecule has 2 aromatic rings. The highest BCUT2D eigenvalue weighted by atomic mass is 16.5. The predicted octanol–water partition coefficient (Wildman–Crippen LogP) is 1.44. The van der Waals surface area contributed by atoms with Crippen LogP contribution in [-0.4, -0.2) is 34.7 Å². The number of amides is 1. The first-order valence-electron chi connectivity index (χ1n) is 7.02. The van der Waals surface area contributed by atoms with Crippen molar-refractivity contribution in [3.63, 3.8) is 0 Å². The third-order valence-corrected chi connectivity index (χ3v) is 3.15. The van der Waals surface area contributed by atoms with Gasteiger partial charge in [0.2, 0.25) is 0 Å². The summed E-state index contributed by atoms with van der Waals surface area (Å²) in [5.74, 6) is -1.57. The fourth-order valence-corrected chi connectivity index (χ4v) is 1.94. The second-order valence-electron chi connectivity index (χ2n) is 4.82. The van der Waals surface area contributed by atoms with Crippen molar-refractivity contribution in [3.8, 4) is 5.75 Å². The molecule has 2 rings (SSSR count). The number of rotatable bonds is 7. The lowest BCUT2D eigenvalue weighted by molar-refractivity contribution is -0.140. The Hall–Kier alpha value is -2.86. The zero-order valence-electron chi connectivity index (χ0n) is 12.3. The minimum Gasteiger partial charge on any atom is -0.488 e. The van der Waals surface area contributed by atoms with Gasteiger partial charge in [-0.2, -0.15) is 0 Å². The Morgan fingerprint density at radius 3 is 2.35 bits per heavy atom. The van der Waals surface area contributed by atoms with Crippen molar-refractivity contribution < 1.29 is 24.5 Å². The molecule has 23 heavy (non-hydrogen) atoms. The number of aliphatic carboxylic acids is 1. The number of para-hydroxylation sites is 1. The molecule has 6 nitrogen and oxygen atoms in total. The number of benzene rings is 2. The van der Waals surface area contributed by atoms with Crippen LogP contribution < -0.4 is 10.1 Å². The van der Waals surface area contributed by atoms with Gasteiger partial charge in [-0.3, -0.25) is 4.79 Å². The van der Waals surface area contributed by atoms with Crippen LogP contribution in [0.3, 0.4) is 0 Å². The lowest BCUT2D eigenvalue weighted by Crippen LogP contribution is -2.43. The molecule has 0 saturated heterocycles. The Labute approximate surface area is 133 Å². The second kappa shape index (κ2) is 7.95. The molecule has 0 heterocycles. The summed E-state index contributed by atoms with van der Waals surface area (Å²) in [5, 5.41) is 20.1. The van der Waals surface area contributed by atoms with E-state index >= 15 is 0 Å². The predicted molar refractivity (Wildman–Crippen MR) is 83.2 cm³/mol. The average Bonchev–Trinajstić information content (AvgIpc) is 2.58. The van der Waals surface area contributed by atoms with Gasteiger partial charge in [-0.25, -0.2) is 4.79 Å². The van der Waals surface area contributed by atoms with Crippen LogP contribution in [0.15, 0.2) is 54.6 Å². The molecule has 0 bridgehead atoms. The van der Waals surface area contributed by atoms with Gasteiger partial charge in [0, 0.05) is 0 Å². The summed E-state index contributed by atoms with van der Waals surface area (Å²) in [7, 11) is 0. The molecule has 3 N–H and O–H groups in total. The van der Waals surface area contributed by atoms with E-state index in [9.17, 15) is 9.59 Å². The number of ether oxygens (including phenoxy) is 1. The molecule has 0 radical (unpaired) electrons. The largest absolute Gasteiger partial charge is 0.488 e. The topological polar surface area (TPSA) is 95.9 Å². The van der Waals surface area contributed by atoms with Crippen LogP contribution in [0, 0.1) is 0 Å². The van der Waals surface area contributed by atoms with Crippen molar-refractivity contribution in [3.05, 3.63) is 65.7 Å². The zero-order chi connectivity index (χ0) is 16.7. The molecule has 120 valence electrons. The van der Waals surface area contributed by atoms with Crippen LogP contribution in [0.25, 0.3) is 0 Å². The van der Waals surface area contributed by atoms with E-state index in [0.29, 0.717) is 5.75 Å². The molecule has 0 aliphatic carbocycles. The number of aliphatic hydroxyl groups excluding tert-OH is 1. The maximum Gasteiger partial charge on any atom is 0.328 e. The fourth-order valence-electron chi connectivity index (χ4n) is 1.94. The Morgan fingerprint density at radius 1 is 1.04 bits per heavy atom. The van der Waals surface area contributed by atoms with Gasteiger partial charge in [-0.05, 0) is 17.7 Å². The molecule has 1 atom stereocenters. The Morgan fingerprint density at radius 2 is 1.70 bits per heavy atom. The van der Waals surface area contributed by atoms with E-state index in [1.807, 2.05) is 30.3 Å². The van der Waals surface area contributed by atoms with Crippen molar-refractivity contribution in [1.29, 1.82) is 0 Å². The molecular formula is C17H17NO5. The monoisotopic (exact) mass is 315 g/mol. The van der Waals surface area contributed by atoms with Crippen LogP contribution in [0.1, 0.15) is 15.9 Å². The summed E-state index contributed by atoms with van der Waals surface area (Å²) < 4.78 is 5.65. The third kappa shape index (κ3) is 4.55. The van der Waals surface area contributed by atoms with Crippen LogP contribution >= 0.6 is 0 Å². The number of carbonyl (C=O) groups is 2. The highest BCUT2D eigenvalue weighted by Gasteiger charge is 2.21. The maximum atomic E-state index is 12.2. The van der Waals surface area contributed by atoms with Gasteiger partial charge in [-0.1, -0.05) is 42.5 Å². The van der Waals surface area contributed by atoms with Crippen molar-refractivity contribution in [2.45, 2.75) is 12.6 Å². The molecule has 0 saturated carbocycles. The van der Waals surface area contributed by atoms with Gasteiger partial charge in [0.15, 0.2) is 6.04 Å². The van der Waals surface area contributed by atoms with Crippen molar-refractivity contribution >= 4 is 11.9 Å². The summed E-state index contributed by atoms with van der Waals surface area (Å²) in [6.07, 6.45) is 0. The van der Waals surface area contributed by atoms with Gasteiger partial charge in [0.25, 0.3) is 5.91 Å². The number of hydrogen-bond donors (Lipinski definition) is 3. The number of hydrogen-bond acceptors (Lipinski definition) is 4. The Bertz CT molecular complexity index is 672. The van der Waals surface area contributed by atoms with E-state index in [1.165, 1.54) is 6.07 Å². The van der Waals surface area contributed by atoms with Gasteiger partial charge in [-0.15, -0.1) is 0 Å². The third-order valence-electron chi connectivity index (χ3n) is 3.15. The van der Waals surface area contributed by atoms with Crippen molar-refractivity contribution in [2.75, 3.05) is 6.61 Å². The average molecular weight is 315 g/mol. The first-order valence-corrected chi connectivity index (χ1v) is 7.02. The first kappa shape index (κ1) is 16.5. The molecule has 0 aliphatic heterocycles. The molecule has 0 fully saturated rings. The standard InChI is InChI=1S/C17H17NO5/c19-10-14(17(21)22)18-16(20)13-8-4-5-9-15(13)23-11-12-6-2-1-3-7-12/h1-9,14,19H,10-11H2,(H,18,20)(H,21,22)/t14-/m0/s1. The highest BCUT2D eigenvalue weighted by molar-refractivity contribution is 5.98. The summed E-state index contributed by atoms with van der Waals surface area (Å²) in [6.45, 7) is -0.401. The van der Waals surface area contributed by atoms with Crippen LogP contribution in [0.4, 0.5) is 0 Å². The highest BCUT2D eigenvalue weighted by Crippen LogP contribution is 2.19.